The fraction of sp³-hybridized carbons (Fsp3) is 0.357. The van der Waals surface area contributed by atoms with Crippen molar-refractivity contribution in [1.29, 1.82) is 0 Å². The van der Waals surface area contributed by atoms with E-state index in [0.29, 0.717) is 16.0 Å². The van der Waals surface area contributed by atoms with Gasteiger partial charge in [0.25, 0.3) is 0 Å². The van der Waals surface area contributed by atoms with E-state index in [9.17, 15) is 0 Å². The van der Waals surface area contributed by atoms with Gasteiger partial charge in [-0.2, -0.15) is 0 Å². The van der Waals surface area contributed by atoms with Crippen LogP contribution in [0.2, 0.25) is 10.0 Å². The Labute approximate surface area is 117 Å². The number of fused-ring (bicyclic) bond motifs is 1. The average Bonchev–Trinajstić information content (AvgIpc) is 2.25. The molecule has 1 aromatic carbocycles. The highest BCUT2D eigenvalue weighted by Crippen LogP contribution is 2.38. The molecule has 0 aliphatic carbocycles. The van der Waals surface area contributed by atoms with Gasteiger partial charge in [0.1, 0.15) is 0 Å². The van der Waals surface area contributed by atoms with Gasteiger partial charge in [-0.25, -0.2) is 0 Å². The Morgan fingerprint density at radius 2 is 1.89 bits per heavy atom. The van der Waals surface area contributed by atoms with Crippen molar-refractivity contribution in [1.82, 2.24) is 4.98 Å². The molecule has 96 valence electrons. The fourth-order valence-corrected chi connectivity index (χ4v) is 3.00. The predicted octanol–water partition coefficient (Wildman–Crippen LogP) is 5.02. The summed E-state index contributed by atoms with van der Waals surface area (Å²) in [7, 11) is 1.91. The van der Waals surface area contributed by atoms with Crippen LogP contribution in [-0.4, -0.2) is 12.0 Å². The second kappa shape index (κ2) is 4.94. The number of nitrogens with one attached hydrogen (secondary N) is 1. The lowest BCUT2D eigenvalue weighted by molar-refractivity contribution is 0.849. The van der Waals surface area contributed by atoms with Crippen LogP contribution in [0.15, 0.2) is 12.1 Å². The molecule has 0 radical (unpaired) electrons. The molecule has 1 N–H and O–H groups in total. The molecule has 2 aromatic rings. The number of hydrogen-bond acceptors (Lipinski definition) is 2. The molecule has 4 heteroatoms. The lowest BCUT2D eigenvalue weighted by atomic mass is 9.96. The molecule has 2 nitrogen and oxygen atoms in total. The van der Waals surface area contributed by atoms with Crippen molar-refractivity contribution in [2.45, 2.75) is 26.7 Å². The van der Waals surface area contributed by atoms with Crippen LogP contribution in [0.25, 0.3) is 10.9 Å². The molecule has 1 aromatic heterocycles. The number of pyridine rings is 1. The topological polar surface area (TPSA) is 24.9 Å². The second-order valence-electron chi connectivity index (χ2n) is 4.67. The van der Waals surface area contributed by atoms with Gasteiger partial charge in [-0.1, -0.05) is 37.0 Å². The summed E-state index contributed by atoms with van der Waals surface area (Å²) < 4.78 is 0. The normalized spacial score (nSPS) is 11.3. The Hall–Kier alpha value is -0.990. The summed E-state index contributed by atoms with van der Waals surface area (Å²) in [6.45, 7) is 6.32. The van der Waals surface area contributed by atoms with Crippen molar-refractivity contribution in [3.8, 4) is 0 Å². The number of aromatic nitrogens is 1. The van der Waals surface area contributed by atoms with Gasteiger partial charge in [0, 0.05) is 23.2 Å². The van der Waals surface area contributed by atoms with E-state index in [4.69, 9.17) is 23.2 Å². The molecule has 0 aliphatic heterocycles. The number of hydrogen-bond donors (Lipinski definition) is 1. The van der Waals surface area contributed by atoms with Crippen LogP contribution in [0.5, 0.6) is 0 Å². The summed E-state index contributed by atoms with van der Waals surface area (Å²) in [5.74, 6) is 0.385. The molecule has 1 heterocycles. The first-order valence-electron chi connectivity index (χ1n) is 5.92. The molecule has 0 spiro atoms. The summed E-state index contributed by atoms with van der Waals surface area (Å²) >= 11 is 12.3. The van der Waals surface area contributed by atoms with E-state index in [0.717, 1.165) is 22.3 Å². The number of benzene rings is 1. The van der Waals surface area contributed by atoms with Crippen molar-refractivity contribution in [2.24, 2.45) is 0 Å². The number of nitrogens with zero attached hydrogens (tertiary/aromatic N) is 1. The monoisotopic (exact) mass is 282 g/mol. The van der Waals surface area contributed by atoms with Gasteiger partial charge in [0.05, 0.1) is 16.2 Å². The largest absolute Gasteiger partial charge is 0.387 e. The van der Waals surface area contributed by atoms with Crippen LogP contribution in [0.4, 0.5) is 5.69 Å². The van der Waals surface area contributed by atoms with E-state index in [1.807, 2.05) is 20.0 Å². The highest BCUT2D eigenvalue weighted by atomic mass is 35.5. The average molecular weight is 283 g/mol. The molecule has 0 unspecified atom stereocenters. The Morgan fingerprint density at radius 3 is 2.44 bits per heavy atom. The quantitative estimate of drug-likeness (QED) is 0.837. The van der Waals surface area contributed by atoms with Gasteiger partial charge in [0.15, 0.2) is 0 Å². The second-order valence-corrected chi connectivity index (χ2v) is 5.52. The first-order chi connectivity index (χ1) is 8.45. The molecule has 18 heavy (non-hydrogen) atoms. The summed E-state index contributed by atoms with van der Waals surface area (Å²) in [6.07, 6.45) is 0. The summed E-state index contributed by atoms with van der Waals surface area (Å²) in [5, 5.41) is 5.44. The van der Waals surface area contributed by atoms with Crippen molar-refractivity contribution in [3.05, 3.63) is 33.4 Å². The van der Waals surface area contributed by atoms with Crippen LogP contribution >= 0.6 is 23.2 Å². The summed E-state index contributed by atoms with van der Waals surface area (Å²) in [4.78, 5) is 4.62. The van der Waals surface area contributed by atoms with Crippen molar-refractivity contribution in [2.75, 3.05) is 12.4 Å². The molecule has 0 fully saturated rings. The molecule has 0 atom stereocenters. The van der Waals surface area contributed by atoms with Gasteiger partial charge in [-0.3, -0.25) is 4.98 Å². The Balaban J connectivity index is 2.94. The van der Waals surface area contributed by atoms with Gasteiger partial charge >= 0.3 is 0 Å². The number of rotatable bonds is 2. The van der Waals surface area contributed by atoms with E-state index in [1.165, 1.54) is 5.56 Å². The van der Waals surface area contributed by atoms with E-state index < -0.39 is 0 Å². The van der Waals surface area contributed by atoms with Crippen LogP contribution in [0.1, 0.15) is 31.0 Å². The zero-order valence-corrected chi connectivity index (χ0v) is 12.4. The molecule has 0 aliphatic rings. The lowest BCUT2D eigenvalue weighted by Crippen LogP contribution is -2.04. The molecular weight excluding hydrogens is 267 g/mol. The zero-order chi connectivity index (χ0) is 13.4. The zero-order valence-electron chi connectivity index (χ0n) is 10.9. The van der Waals surface area contributed by atoms with Crippen LogP contribution in [-0.2, 0) is 0 Å². The molecular formula is C14H16Cl2N2. The minimum atomic E-state index is 0.385. The number of halogens is 2. The smallest absolute Gasteiger partial charge is 0.0756 e. The third-order valence-electron chi connectivity index (χ3n) is 3.06. The van der Waals surface area contributed by atoms with Crippen LogP contribution < -0.4 is 5.32 Å². The van der Waals surface area contributed by atoms with Crippen molar-refractivity contribution >= 4 is 39.8 Å². The highest BCUT2D eigenvalue weighted by molar-refractivity contribution is 6.39. The summed E-state index contributed by atoms with van der Waals surface area (Å²) in [6, 6.07) is 3.61. The van der Waals surface area contributed by atoms with Gasteiger partial charge in [0.2, 0.25) is 0 Å². The van der Waals surface area contributed by atoms with E-state index in [1.54, 1.807) is 6.07 Å². The number of anilines is 1. The van der Waals surface area contributed by atoms with E-state index in [-0.39, 0.29) is 0 Å². The number of aryl methyl sites for hydroxylation is 1. The SMILES string of the molecule is CNc1c(C(C)C)c(C)nc2cc(Cl)cc(Cl)c12. The minimum Gasteiger partial charge on any atom is -0.387 e. The van der Waals surface area contributed by atoms with E-state index >= 15 is 0 Å². The third-order valence-corrected chi connectivity index (χ3v) is 3.58. The van der Waals surface area contributed by atoms with Crippen molar-refractivity contribution < 1.29 is 0 Å². The molecule has 0 saturated heterocycles. The molecule has 2 rings (SSSR count). The maximum atomic E-state index is 6.31. The highest BCUT2D eigenvalue weighted by Gasteiger charge is 2.16. The fourth-order valence-electron chi connectivity index (χ4n) is 2.42. The van der Waals surface area contributed by atoms with Gasteiger partial charge in [-0.15, -0.1) is 0 Å². The predicted molar refractivity (Wildman–Crippen MR) is 80.1 cm³/mol. The summed E-state index contributed by atoms with van der Waals surface area (Å²) in [5.41, 5.74) is 4.10. The van der Waals surface area contributed by atoms with E-state index in [2.05, 4.69) is 24.1 Å². The maximum Gasteiger partial charge on any atom is 0.0756 e. The third kappa shape index (κ3) is 2.15. The van der Waals surface area contributed by atoms with Gasteiger partial charge < -0.3 is 5.32 Å². The molecule has 0 bridgehead atoms. The first-order valence-corrected chi connectivity index (χ1v) is 6.68. The van der Waals surface area contributed by atoms with Crippen molar-refractivity contribution in [3.63, 3.8) is 0 Å². The van der Waals surface area contributed by atoms with Crippen LogP contribution in [0.3, 0.4) is 0 Å². The lowest BCUT2D eigenvalue weighted by Gasteiger charge is -2.18. The Kier molecular flexibility index (Phi) is 3.69. The van der Waals surface area contributed by atoms with Crippen LogP contribution in [0, 0.1) is 6.92 Å². The first kappa shape index (κ1) is 13.4. The standard InChI is InChI=1S/C14H16Cl2N2/c1-7(2)12-8(3)18-11-6-9(15)5-10(16)13(11)14(12)17-4/h5-7H,1-4H3,(H,17,18). The Bertz CT molecular complexity index is 607. The minimum absolute atomic E-state index is 0.385. The Morgan fingerprint density at radius 1 is 1.22 bits per heavy atom. The molecule has 0 saturated carbocycles. The maximum absolute atomic E-state index is 6.31. The molecule has 0 amide bonds. The van der Waals surface area contributed by atoms with Gasteiger partial charge in [-0.05, 0) is 30.5 Å².